The predicted molar refractivity (Wildman–Crippen MR) is 91.7 cm³/mol. The van der Waals surface area contributed by atoms with Crippen LogP contribution < -0.4 is 4.74 Å². The summed E-state index contributed by atoms with van der Waals surface area (Å²) < 4.78 is 7.94. The van der Waals surface area contributed by atoms with Crippen molar-refractivity contribution in [2.75, 3.05) is 6.61 Å². The van der Waals surface area contributed by atoms with Gasteiger partial charge in [-0.1, -0.05) is 25.1 Å². The highest BCUT2D eigenvalue weighted by Crippen LogP contribution is 2.27. The molecule has 0 N–H and O–H groups in total. The van der Waals surface area contributed by atoms with E-state index < -0.39 is 0 Å². The van der Waals surface area contributed by atoms with Gasteiger partial charge < -0.3 is 9.30 Å². The Bertz CT molecular complexity index is 726. The van der Waals surface area contributed by atoms with E-state index in [0.29, 0.717) is 0 Å². The van der Waals surface area contributed by atoms with Gasteiger partial charge in [-0.15, -0.1) is 0 Å². The van der Waals surface area contributed by atoms with Gasteiger partial charge in [-0.3, -0.25) is 0 Å². The van der Waals surface area contributed by atoms with Crippen molar-refractivity contribution >= 4 is 0 Å². The summed E-state index contributed by atoms with van der Waals surface area (Å²) in [5, 5.41) is 0. The molecule has 0 amide bonds. The van der Waals surface area contributed by atoms with Crippen molar-refractivity contribution < 1.29 is 4.74 Å². The van der Waals surface area contributed by atoms with E-state index in [1.165, 1.54) is 22.6 Å². The largest absolute Gasteiger partial charge is 0.494 e. The topological polar surface area (TPSA) is 14.2 Å². The number of hydrogen-bond donors (Lipinski definition) is 0. The lowest BCUT2D eigenvalue weighted by atomic mass is 10.1. The van der Waals surface area contributed by atoms with Crippen molar-refractivity contribution in [2.45, 2.75) is 20.3 Å². The van der Waals surface area contributed by atoms with Crippen molar-refractivity contribution in [2.24, 2.45) is 0 Å². The number of hydrogen-bond acceptors (Lipinski definition) is 1. The summed E-state index contributed by atoms with van der Waals surface area (Å²) in [6.45, 7) is 5.01. The Morgan fingerprint density at radius 2 is 1.59 bits per heavy atom. The lowest BCUT2D eigenvalue weighted by Gasteiger charge is -2.12. The molecule has 0 spiro atoms. The molecule has 1 heterocycles. The Balaban J connectivity index is 1.96. The summed E-state index contributed by atoms with van der Waals surface area (Å²) in [7, 11) is 0. The average Bonchev–Trinajstić information content (AvgIpc) is 2.96. The first-order chi connectivity index (χ1) is 10.8. The first-order valence-electron chi connectivity index (χ1n) is 7.76. The van der Waals surface area contributed by atoms with Gasteiger partial charge in [0.1, 0.15) is 5.75 Å². The molecule has 112 valence electrons. The van der Waals surface area contributed by atoms with Gasteiger partial charge in [0.05, 0.1) is 12.3 Å². The number of benzene rings is 2. The van der Waals surface area contributed by atoms with E-state index in [-0.39, 0.29) is 0 Å². The van der Waals surface area contributed by atoms with Gasteiger partial charge in [0, 0.05) is 11.4 Å². The van der Waals surface area contributed by atoms with E-state index in [1.54, 1.807) is 0 Å². The van der Waals surface area contributed by atoms with Crippen molar-refractivity contribution in [3.05, 3.63) is 72.4 Å². The highest BCUT2D eigenvalue weighted by molar-refractivity contribution is 5.65. The zero-order chi connectivity index (χ0) is 15.4. The zero-order valence-corrected chi connectivity index (χ0v) is 13.1. The highest BCUT2D eigenvalue weighted by Gasteiger charge is 2.09. The van der Waals surface area contributed by atoms with E-state index >= 15 is 0 Å². The van der Waals surface area contributed by atoms with E-state index in [2.05, 4.69) is 66.9 Å². The average molecular weight is 291 g/mol. The quantitative estimate of drug-likeness (QED) is 0.627. The van der Waals surface area contributed by atoms with Crippen LogP contribution in [0.25, 0.3) is 16.9 Å². The number of ether oxygens (including phenoxy) is 1. The van der Waals surface area contributed by atoms with Crippen LogP contribution in [-0.2, 0) is 0 Å². The standard InChI is InChI=1S/C20H21NO/c1-3-15-22-19-12-10-17(11-13-19)20-14-9-16(2)21(20)18-7-5-4-6-8-18/h4-14H,3,15H2,1-2H3. The number of aryl methyl sites for hydroxylation is 1. The molecule has 0 unspecified atom stereocenters. The molecule has 2 aromatic carbocycles. The van der Waals surface area contributed by atoms with E-state index in [0.717, 1.165) is 18.8 Å². The van der Waals surface area contributed by atoms with Crippen LogP contribution in [0.1, 0.15) is 19.0 Å². The second-order valence-electron chi connectivity index (χ2n) is 5.40. The second kappa shape index (κ2) is 6.52. The number of rotatable bonds is 5. The summed E-state index contributed by atoms with van der Waals surface area (Å²) >= 11 is 0. The lowest BCUT2D eigenvalue weighted by molar-refractivity contribution is 0.317. The molecule has 2 nitrogen and oxygen atoms in total. The summed E-state index contributed by atoms with van der Waals surface area (Å²) in [5.41, 5.74) is 4.81. The molecule has 0 aliphatic rings. The first kappa shape index (κ1) is 14.5. The van der Waals surface area contributed by atoms with Gasteiger partial charge in [-0.05, 0) is 67.4 Å². The van der Waals surface area contributed by atoms with Crippen LogP contribution in [0.15, 0.2) is 66.7 Å². The smallest absolute Gasteiger partial charge is 0.119 e. The summed E-state index contributed by atoms with van der Waals surface area (Å²) in [6, 6.07) is 23.1. The van der Waals surface area contributed by atoms with E-state index in [4.69, 9.17) is 4.74 Å². The maximum Gasteiger partial charge on any atom is 0.119 e. The third kappa shape index (κ3) is 2.91. The van der Waals surface area contributed by atoms with Crippen LogP contribution in [0.3, 0.4) is 0 Å². The third-order valence-corrected chi connectivity index (χ3v) is 3.71. The monoisotopic (exact) mass is 291 g/mol. The molecule has 3 aromatic rings. The molecule has 22 heavy (non-hydrogen) atoms. The molecule has 0 saturated heterocycles. The molecule has 0 radical (unpaired) electrons. The van der Waals surface area contributed by atoms with Crippen LogP contribution in [0.4, 0.5) is 0 Å². The molecular weight excluding hydrogens is 270 g/mol. The summed E-state index contributed by atoms with van der Waals surface area (Å²) in [4.78, 5) is 0. The van der Waals surface area contributed by atoms with Gasteiger partial charge in [0.25, 0.3) is 0 Å². The Labute approximate surface area is 132 Å². The van der Waals surface area contributed by atoms with Crippen LogP contribution >= 0.6 is 0 Å². The molecule has 3 rings (SSSR count). The fourth-order valence-corrected chi connectivity index (χ4v) is 2.63. The zero-order valence-electron chi connectivity index (χ0n) is 13.1. The van der Waals surface area contributed by atoms with Gasteiger partial charge >= 0.3 is 0 Å². The molecule has 2 heteroatoms. The highest BCUT2D eigenvalue weighted by atomic mass is 16.5. The third-order valence-electron chi connectivity index (χ3n) is 3.71. The van der Waals surface area contributed by atoms with Crippen molar-refractivity contribution in [1.29, 1.82) is 0 Å². The Morgan fingerprint density at radius 1 is 0.864 bits per heavy atom. The SMILES string of the molecule is CCCOc1ccc(-c2ccc(C)n2-c2ccccc2)cc1. The van der Waals surface area contributed by atoms with Gasteiger partial charge in [0.15, 0.2) is 0 Å². The van der Waals surface area contributed by atoms with Crippen LogP contribution in [0.5, 0.6) is 5.75 Å². The summed E-state index contributed by atoms with van der Waals surface area (Å²) in [5.74, 6) is 0.931. The molecule has 1 aromatic heterocycles. The molecule has 0 fully saturated rings. The van der Waals surface area contributed by atoms with Crippen LogP contribution in [-0.4, -0.2) is 11.2 Å². The number of para-hydroxylation sites is 1. The minimum absolute atomic E-state index is 0.763. The predicted octanol–water partition coefficient (Wildman–Crippen LogP) is 5.24. The minimum atomic E-state index is 0.763. The Morgan fingerprint density at radius 3 is 2.27 bits per heavy atom. The van der Waals surface area contributed by atoms with Crippen molar-refractivity contribution in [1.82, 2.24) is 4.57 Å². The second-order valence-corrected chi connectivity index (χ2v) is 5.40. The van der Waals surface area contributed by atoms with E-state index in [9.17, 15) is 0 Å². The maximum atomic E-state index is 5.66. The Hall–Kier alpha value is -2.48. The lowest BCUT2D eigenvalue weighted by Crippen LogP contribution is -1.99. The molecule has 0 atom stereocenters. The Kier molecular flexibility index (Phi) is 4.29. The fourth-order valence-electron chi connectivity index (χ4n) is 2.63. The van der Waals surface area contributed by atoms with Gasteiger partial charge in [-0.2, -0.15) is 0 Å². The normalized spacial score (nSPS) is 10.6. The number of nitrogens with zero attached hydrogens (tertiary/aromatic N) is 1. The molecule has 0 bridgehead atoms. The maximum absolute atomic E-state index is 5.66. The van der Waals surface area contributed by atoms with Gasteiger partial charge in [-0.25, -0.2) is 0 Å². The van der Waals surface area contributed by atoms with Crippen molar-refractivity contribution in [3.63, 3.8) is 0 Å². The first-order valence-corrected chi connectivity index (χ1v) is 7.76. The fraction of sp³-hybridized carbons (Fsp3) is 0.200. The van der Waals surface area contributed by atoms with Gasteiger partial charge in [0.2, 0.25) is 0 Å². The molecular formula is C20H21NO. The number of aromatic nitrogens is 1. The van der Waals surface area contributed by atoms with Crippen LogP contribution in [0.2, 0.25) is 0 Å². The summed E-state index contributed by atoms with van der Waals surface area (Å²) in [6.07, 6.45) is 1.03. The molecule has 0 aliphatic carbocycles. The molecule has 0 aliphatic heterocycles. The van der Waals surface area contributed by atoms with Crippen LogP contribution in [0, 0.1) is 6.92 Å². The van der Waals surface area contributed by atoms with E-state index in [1.807, 2.05) is 18.2 Å². The van der Waals surface area contributed by atoms with Crippen molar-refractivity contribution in [3.8, 4) is 22.7 Å². The molecule has 0 saturated carbocycles. The minimum Gasteiger partial charge on any atom is -0.494 e.